The minimum absolute atomic E-state index is 0.865. The van der Waals surface area contributed by atoms with Crippen LogP contribution in [0.1, 0.15) is 66.8 Å². The van der Waals surface area contributed by atoms with E-state index in [0.29, 0.717) is 0 Å². The van der Waals surface area contributed by atoms with E-state index < -0.39 is 0 Å². The van der Waals surface area contributed by atoms with Crippen LogP contribution in [-0.2, 0) is 0 Å². The normalized spacial score (nSPS) is 10.1. The molecular formula is C84H48N6. The molecule has 6 aromatic heterocycles. The fourth-order valence-corrected chi connectivity index (χ4v) is 10.3. The maximum absolute atomic E-state index is 4.21. The van der Waals surface area contributed by atoms with Crippen molar-refractivity contribution in [3.05, 3.63) is 360 Å². The Hall–Kier alpha value is -13.2. The van der Waals surface area contributed by atoms with Crippen molar-refractivity contribution in [2.24, 2.45) is 0 Å². The lowest BCUT2D eigenvalue weighted by atomic mass is 9.74. The highest BCUT2D eigenvalue weighted by Crippen LogP contribution is 2.56. The maximum atomic E-state index is 4.21. The van der Waals surface area contributed by atoms with Gasteiger partial charge in [0.15, 0.2) is 0 Å². The molecule has 0 unspecified atom stereocenters. The Kier molecular flexibility index (Phi) is 16.9. The molecule has 0 bridgehead atoms. The summed E-state index contributed by atoms with van der Waals surface area (Å²) in [5.74, 6) is 40.6. The zero-order valence-electron chi connectivity index (χ0n) is 48.4. The monoisotopic (exact) mass is 1140 g/mol. The van der Waals surface area contributed by atoms with Crippen LogP contribution in [0.2, 0.25) is 0 Å². The van der Waals surface area contributed by atoms with Crippen LogP contribution in [-0.4, -0.2) is 29.9 Å². The molecule has 6 nitrogen and oxygen atoms in total. The minimum Gasteiger partial charge on any atom is -0.265 e. The molecule has 6 heterocycles. The van der Waals surface area contributed by atoms with Crippen LogP contribution in [0.15, 0.2) is 293 Å². The first-order valence-electron chi connectivity index (χ1n) is 29.0. The lowest BCUT2D eigenvalue weighted by molar-refractivity contribution is 1.32. The van der Waals surface area contributed by atoms with E-state index in [4.69, 9.17) is 0 Å². The smallest absolute Gasteiger partial charge is 0.0280 e. The predicted molar refractivity (Wildman–Crippen MR) is 360 cm³/mol. The van der Waals surface area contributed by atoms with Gasteiger partial charge in [0, 0.05) is 141 Å². The van der Waals surface area contributed by atoms with Crippen molar-refractivity contribution in [2.45, 2.75) is 0 Å². The maximum Gasteiger partial charge on any atom is 0.0280 e. The second-order valence-electron chi connectivity index (χ2n) is 20.6. The van der Waals surface area contributed by atoms with Gasteiger partial charge in [-0.3, -0.25) is 29.9 Å². The molecule has 0 atom stereocenters. The first-order chi connectivity index (χ1) is 44.6. The lowest BCUT2D eigenvalue weighted by Crippen LogP contribution is -2.02. The Balaban J connectivity index is 1.13. The summed E-state index contributed by atoms with van der Waals surface area (Å²) < 4.78 is 0. The minimum atomic E-state index is 0.865. The Labute approximate surface area is 524 Å². The van der Waals surface area contributed by atoms with E-state index in [0.717, 1.165) is 134 Å². The zero-order valence-corrected chi connectivity index (χ0v) is 48.4. The average Bonchev–Trinajstić information content (AvgIpc) is 0.813. The Morgan fingerprint density at radius 3 is 0.333 bits per heavy atom. The third kappa shape index (κ3) is 13.6. The molecule has 90 heavy (non-hydrogen) atoms. The van der Waals surface area contributed by atoms with Gasteiger partial charge in [0.25, 0.3) is 0 Å². The van der Waals surface area contributed by atoms with Gasteiger partial charge >= 0.3 is 0 Å². The van der Waals surface area contributed by atoms with E-state index in [9.17, 15) is 0 Å². The fraction of sp³-hybridized carbons (Fsp3) is 0. The van der Waals surface area contributed by atoms with Gasteiger partial charge in [0.2, 0.25) is 0 Å². The van der Waals surface area contributed by atoms with Gasteiger partial charge in [-0.25, -0.2) is 0 Å². The molecular weight excluding hydrogens is 1090 g/mol. The van der Waals surface area contributed by atoms with E-state index >= 15 is 0 Å². The second-order valence-corrected chi connectivity index (χ2v) is 20.6. The Bertz CT molecular complexity index is 4210. The van der Waals surface area contributed by atoms with Crippen molar-refractivity contribution < 1.29 is 0 Å². The summed E-state index contributed by atoms with van der Waals surface area (Å²) in [5, 5.41) is 0. The van der Waals surface area contributed by atoms with Crippen molar-refractivity contribution in [1.82, 2.24) is 29.9 Å². The molecule has 0 aliphatic carbocycles. The Morgan fingerprint density at radius 2 is 0.222 bits per heavy atom. The number of hydrogen-bond acceptors (Lipinski definition) is 6. The van der Waals surface area contributed by atoms with Crippen molar-refractivity contribution in [3.8, 4) is 138 Å². The summed E-state index contributed by atoms with van der Waals surface area (Å²) in [6, 6.07) is 74.7. The van der Waals surface area contributed by atoms with Gasteiger partial charge in [-0.2, -0.15) is 0 Å². The topological polar surface area (TPSA) is 77.3 Å². The highest BCUT2D eigenvalue weighted by molar-refractivity contribution is 6.15. The van der Waals surface area contributed by atoms with Crippen LogP contribution in [0.4, 0.5) is 0 Å². The van der Waals surface area contributed by atoms with Crippen LogP contribution >= 0.6 is 0 Å². The summed E-state index contributed by atoms with van der Waals surface area (Å²) in [4.78, 5) is 25.3. The second kappa shape index (κ2) is 27.2. The number of pyridine rings is 6. The summed E-state index contributed by atoms with van der Waals surface area (Å²) in [6.45, 7) is 0. The standard InChI is InChI=1S/C84H48N6/c1(7-67-37-49-85-50-38-67)61-13-25-73(26-14-61)79-80(74-27-15-62(16-28-74)2-8-68-39-51-86-52-40-68)82(76-31-19-64(20-32-76)4-10-70-43-55-88-56-44-70)84(78-35-23-66(24-36-78)6-12-72-47-59-90-60-48-72)83(77-33-21-65(22-34-77)5-11-71-45-57-89-58-46-71)81(79)75-29-17-63(18-30-75)3-9-69-41-53-87-54-42-69/h13-60H. The summed E-state index contributed by atoms with van der Waals surface area (Å²) in [7, 11) is 0. The van der Waals surface area contributed by atoms with Crippen LogP contribution in [0.25, 0.3) is 66.8 Å². The van der Waals surface area contributed by atoms with Crippen molar-refractivity contribution >= 4 is 0 Å². The van der Waals surface area contributed by atoms with Gasteiger partial charge < -0.3 is 0 Å². The predicted octanol–water partition coefficient (Wildman–Crippen LogP) is 16.5. The molecule has 0 saturated heterocycles. The van der Waals surface area contributed by atoms with Gasteiger partial charge in [0.1, 0.15) is 0 Å². The molecule has 0 amide bonds. The third-order valence-electron chi connectivity index (χ3n) is 14.7. The quantitative estimate of drug-likeness (QED) is 0.154. The highest BCUT2D eigenvalue weighted by atomic mass is 14.6. The molecule has 0 saturated carbocycles. The lowest BCUT2D eigenvalue weighted by Gasteiger charge is -2.29. The van der Waals surface area contributed by atoms with Gasteiger partial charge in [-0.05, 0) is 212 Å². The molecule has 0 spiro atoms. The SMILES string of the molecule is C(#Cc1ccc(-c2c(-c3ccc(C#Cc4ccncc4)cc3)c(-c3ccc(C#Cc4ccncc4)cc3)c(-c3ccc(C#Cc4ccncc4)cc3)c(-c3ccc(C#Cc4ccncc4)cc3)c2-c2ccc(C#Cc3ccncc3)cc2)cc1)c1ccncc1. The van der Waals surface area contributed by atoms with Crippen LogP contribution in [0, 0.1) is 71.0 Å². The summed E-state index contributed by atoms with van der Waals surface area (Å²) in [6.07, 6.45) is 21.1. The largest absolute Gasteiger partial charge is 0.265 e. The molecule has 0 aliphatic rings. The van der Waals surface area contributed by atoms with Gasteiger partial charge in [0.05, 0.1) is 0 Å². The van der Waals surface area contributed by atoms with Crippen LogP contribution in [0.3, 0.4) is 0 Å². The third-order valence-corrected chi connectivity index (χ3v) is 14.7. The van der Waals surface area contributed by atoms with E-state index in [2.05, 4.69) is 247 Å². The van der Waals surface area contributed by atoms with Gasteiger partial charge in [-0.15, -0.1) is 0 Å². The zero-order chi connectivity index (χ0) is 60.5. The van der Waals surface area contributed by atoms with E-state index in [-0.39, 0.29) is 0 Å². The van der Waals surface area contributed by atoms with E-state index in [1.165, 1.54) is 0 Å². The summed E-state index contributed by atoms with van der Waals surface area (Å²) in [5.41, 5.74) is 22.4. The van der Waals surface area contributed by atoms with Crippen molar-refractivity contribution in [2.75, 3.05) is 0 Å². The number of rotatable bonds is 6. The first kappa shape index (κ1) is 56.0. The molecule has 13 rings (SSSR count). The molecule has 0 fully saturated rings. The molecule has 13 aromatic rings. The number of nitrogens with zero attached hydrogens (tertiary/aromatic N) is 6. The first-order valence-corrected chi connectivity index (χ1v) is 29.0. The number of aromatic nitrogens is 6. The number of hydrogen-bond donors (Lipinski definition) is 0. The van der Waals surface area contributed by atoms with E-state index in [1.807, 2.05) is 72.8 Å². The van der Waals surface area contributed by atoms with Crippen molar-refractivity contribution in [1.29, 1.82) is 0 Å². The highest BCUT2D eigenvalue weighted by Gasteiger charge is 2.29. The molecule has 0 N–H and O–H groups in total. The van der Waals surface area contributed by atoms with Gasteiger partial charge in [-0.1, -0.05) is 144 Å². The van der Waals surface area contributed by atoms with Crippen LogP contribution in [0.5, 0.6) is 0 Å². The average molecular weight is 1140 g/mol. The Morgan fingerprint density at radius 1 is 0.122 bits per heavy atom. The fourth-order valence-electron chi connectivity index (χ4n) is 10.3. The molecule has 0 radical (unpaired) electrons. The molecule has 414 valence electrons. The molecule has 7 aromatic carbocycles. The van der Waals surface area contributed by atoms with E-state index in [1.54, 1.807) is 74.4 Å². The molecule has 6 heteroatoms. The number of benzene rings is 7. The molecule has 0 aliphatic heterocycles. The summed E-state index contributed by atoms with van der Waals surface area (Å²) >= 11 is 0. The van der Waals surface area contributed by atoms with Crippen LogP contribution < -0.4 is 0 Å². The van der Waals surface area contributed by atoms with Crippen molar-refractivity contribution in [3.63, 3.8) is 0 Å².